The molecule has 3 rings (SSSR count). The van der Waals surface area contributed by atoms with Gasteiger partial charge in [-0.25, -0.2) is 4.68 Å². The van der Waals surface area contributed by atoms with Crippen LogP contribution in [0.5, 0.6) is 0 Å². The highest BCUT2D eigenvalue weighted by molar-refractivity contribution is 5.62. The first-order chi connectivity index (χ1) is 8.34. The number of rotatable bonds is 2. The van der Waals surface area contributed by atoms with Crippen molar-refractivity contribution in [3.63, 3.8) is 0 Å². The molecule has 2 heterocycles. The zero-order valence-corrected chi connectivity index (χ0v) is 9.08. The van der Waals surface area contributed by atoms with E-state index in [2.05, 4.69) is 5.10 Å². The van der Waals surface area contributed by atoms with E-state index in [4.69, 9.17) is 10.2 Å². The van der Waals surface area contributed by atoms with E-state index >= 15 is 0 Å². The van der Waals surface area contributed by atoms with E-state index < -0.39 is 0 Å². The van der Waals surface area contributed by atoms with Crippen LogP contribution in [0, 0.1) is 0 Å². The summed E-state index contributed by atoms with van der Waals surface area (Å²) in [7, 11) is 0. The normalized spacial score (nSPS) is 10.6. The van der Waals surface area contributed by atoms with Crippen LogP contribution in [-0.2, 0) is 0 Å². The van der Waals surface area contributed by atoms with E-state index in [1.807, 2.05) is 42.5 Å². The molecule has 0 saturated heterocycles. The standard InChI is InChI=1S/C13H11N3O/c14-13-8-12(10-6-7-17-9-10)15-16(13)11-4-2-1-3-5-11/h1-9H,14H2. The van der Waals surface area contributed by atoms with Crippen LogP contribution in [0.15, 0.2) is 59.4 Å². The highest BCUT2D eigenvalue weighted by Crippen LogP contribution is 2.22. The smallest absolute Gasteiger partial charge is 0.127 e. The Bertz CT molecular complexity index is 611. The number of benzene rings is 1. The van der Waals surface area contributed by atoms with Gasteiger partial charge in [-0.2, -0.15) is 5.10 Å². The molecule has 0 atom stereocenters. The maximum absolute atomic E-state index is 5.95. The fourth-order valence-corrected chi connectivity index (χ4v) is 1.72. The highest BCUT2D eigenvalue weighted by Gasteiger charge is 2.08. The minimum atomic E-state index is 0.604. The van der Waals surface area contributed by atoms with Crippen LogP contribution in [0.3, 0.4) is 0 Å². The quantitative estimate of drug-likeness (QED) is 0.729. The zero-order chi connectivity index (χ0) is 11.7. The van der Waals surface area contributed by atoms with E-state index in [1.54, 1.807) is 17.2 Å². The molecular formula is C13H11N3O. The topological polar surface area (TPSA) is 57.0 Å². The molecule has 0 aliphatic carbocycles. The second-order valence-corrected chi connectivity index (χ2v) is 3.71. The fourth-order valence-electron chi connectivity index (χ4n) is 1.72. The molecule has 0 radical (unpaired) electrons. The summed E-state index contributed by atoms with van der Waals surface area (Å²) < 4.78 is 6.74. The lowest BCUT2D eigenvalue weighted by molar-refractivity contribution is 0.568. The van der Waals surface area contributed by atoms with Crippen molar-refractivity contribution in [2.24, 2.45) is 0 Å². The van der Waals surface area contributed by atoms with Gasteiger partial charge < -0.3 is 10.2 Å². The van der Waals surface area contributed by atoms with Gasteiger partial charge in [0.05, 0.1) is 23.9 Å². The van der Waals surface area contributed by atoms with Gasteiger partial charge in [0.2, 0.25) is 0 Å². The van der Waals surface area contributed by atoms with Crippen molar-refractivity contribution in [1.82, 2.24) is 9.78 Å². The Balaban J connectivity index is 2.08. The van der Waals surface area contributed by atoms with Gasteiger partial charge >= 0.3 is 0 Å². The summed E-state index contributed by atoms with van der Waals surface area (Å²) in [5.41, 5.74) is 8.62. The number of hydrogen-bond donors (Lipinski definition) is 1. The third-order valence-electron chi connectivity index (χ3n) is 2.55. The molecule has 0 bridgehead atoms. The Morgan fingerprint density at radius 1 is 1.12 bits per heavy atom. The Hall–Kier alpha value is -2.49. The third kappa shape index (κ3) is 1.69. The zero-order valence-electron chi connectivity index (χ0n) is 9.08. The fraction of sp³-hybridized carbons (Fsp3) is 0. The summed E-state index contributed by atoms with van der Waals surface area (Å²) in [5.74, 6) is 0.604. The van der Waals surface area contributed by atoms with Gasteiger partial charge in [0.1, 0.15) is 5.82 Å². The number of para-hydroxylation sites is 1. The summed E-state index contributed by atoms with van der Waals surface area (Å²) >= 11 is 0. The van der Waals surface area contributed by atoms with Crippen LogP contribution < -0.4 is 5.73 Å². The van der Waals surface area contributed by atoms with Crippen LogP contribution in [0.25, 0.3) is 16.9 Å². The van der Waals surface area contributed by atoms with Crippen molar-refractivity contribution in [3.05, 3.63) is 55.0 Å². The molecule has 2 aromatic heterocycles. The van der Waals surface area contributed by atoms with Crippen LogP contribution in [0.4, 0.5) is 5.82 Å². The lowest BCUT2D eigenvalue weighted by Crippen LogP contribution is -2.00. The number of anilines is 1. The monoisotopic (exact) mass is 225 g/mol. The number of nitrogens with two attached hydrogens (primary N) is 1. The number of furan rings is 1. The molecule has 2 N–H and O–H groups in total. The minimum Gasteiger partial charge on any atom is -0.472 e. The Morgan fingerprint density at radius 3 is 2.65 bits per heavy atom. The van der Waals surface area contributed by atoms with Crippen molar-refractivity contribution in [3.8, 4) is 16.9 Å². The van der Waals surface area contributed by atoms with Crippen LogP contribution in [-0.4, -0.2) is 9.78 Å². The number of nitrogens with zero attached hydrogens (tertiary/aromatic N) is 2. The summed E-state index contributed by atoms with van der Waals surface area (Å²) in [6.07, 6.45) is 3.27. The van der Waals surface area contributed by atoms with E-state index in [1.165, 1.54) is 0 Å². The van der Waals surface area contributed by atoms with Gasteiger partial charge in [-0.15, -0.1) is 0 Å². The summed E-state index contributed by atoms with van der Waals surface area (Å²) in [6.45, 7) is 0. The number of nitrogen functional groups attached to an aromatic ring is 1. The van der Waals surface area contributed by atoms with Gasteiger partial charge in [0, 0.05) is 11.6 Å². The summed E-state index contributed by atoms with van der Waals surface area (Å²) in [5, 5.41) is 4.45. The molecule has 0 unspecified atom stereocenters. The second kappa shape index (κ2) is 3.83. The van der Waals surface area contributed by atoms with Gasteiger partial charge in [0.25, 0.3) is 0 Å². The van der Waals surface area contributed by atoms with E-state index in [0.29, 0.717) is 5.82 Å². The van der Waals surface area contributed by atoms with Crippen LogP contribution >= 0.6 is 0 Å². The average molecular weight is 225 g/mol. The van der Waals surface area contributed by atoms with Crippen molar-refractivity contribution in [2.45, 2.75) is 0 Å². The van der Waals surface area contributed by atoms with Crippen molar-refractivity contribution < 1.29 is 4.42 Å². The maximum Gasteiger partial charge on any atom is 0.127 e. The van der Waals surface area contributed by atoms with Gasteiger partial charge in [0.15, 0.2) is 0 Å². The van der Waals surface area contributed by atoms with Crippen LogP contribution in [0.1, 0.15) is 0 Å². The molecule has 0 amide bonds. The predicted molar refractivity (Wildman–Crippen MR) is 65.7 cm³/mol. The first kappa shape index (κ1) is 9.72. The molecule has 0 saturated carbocycles. The summed E-state index contributed by atoms with van der Waals surface area (Å²) in [4.78, 5) is 0. The lowest BCUT2D eigenvalue weighted by atomic mass is 10.2. The molecule has 84 valence electrons. The number of aromatic nitrogens is 2. The van der Waals surface area contributed by atoms with E-state index in [9.17, 15) is 0 Å². The van der Waals surface area contributed by atoms with E-state index in [-0.39, 0.29) is 0 Å². The minimum absolute atomic E-state index is 0.604. The third-order valence-corrected chi connectivity index (χ3v) is 2.55. The molecule has 17 heavy (non-hydrogen) atoms. The lowest BCUT2D eigenvalue weighted by Gasteiger charge is -2.02. The molecule has 4 nitrogen and oxygen atoms in total. The van der Waals surface area contributed by atoms with Crippen molar-refractivity contribution >= 4 is 5.82 Å². The SMILES string of the molecule is Nc1cc(-c2ccoc2)nn1-c1ccccc1. The molecule has 0 aliphatic rings. The first-order valence-corrected chi connectivity index (χ1v) is 5.28. The second-order valence-electron chi connectivity index (χ2n) is 3.71. The van der Waals surface area contributed by atoms with Gasteiger partial charge in [-0.1, -0.05) is 18.2 Å². The Morgan fingerprint density at radius 2 is 1.94 bits per heavy atom. The highest BCUT2D eigenvalue weighted by atomic mass is 16.3. The van der Waals surface area contributed by atoms with Gasteiger partial charge in [-0.3, -0.25) is 0 Å². The van der Waals surface area contributed by atoms with Crippen molar-refractivity contribution in [2.75, 3.05) is 5.73 Å². The van der Waals surface area contributed by atoms with Crippen molar-refractivity contribution in [1.29, 1.82) is 0 Å². The summed E-state index contributed by atoms with van der Waals surface area (Å²) in [6, 6.07) is 13.5. The molecule has 0 fully saturated rings. The molecular weight excluding hydrogens is 214 g/mol. The average Bonchev–Trinajstić information content (AvgIpc) is 2.99. The molecule has 1 aromatic carbocycles. The molecule has 3 aromatic rings. The number of hydrogen-bond acceptors (Lipinski definition) is 3. The van der Waals surface area contributed by atoms with E-state index in [0.717, 1.165) is 16.9 Å². The van der Waals surface area contributed by atoms with Crippen LogP contribution in [0.2, 0.25) is 0 Å². The van der Waals surface area contributed by atoms with Gasteiger partial charge in [-0.05, 0) is 18.2 Å². The Labute approximate surface area is 98.3 Å². The molecule has 0 spiro atoms. The predicted octanol–water partition coefficient (Wildman–Crippen LogP) is 2.71. The Kier molecular flexibility index (Phi) is 2.19. The first-order valence-electron chi connectivity index (χ1n) is 5.28. The molecule has 0 aliphatic heterocycles. The maximum atomic E-state index is 5.95. The molecule has 4 heteroatoms. The largest absolute Gasteiger partial charge is 0.472 e.